The predicted molar refractivity (Wildman–Crippen MR) is 93.0 cm³/mol. The highest BCUT2D eigenvalue weighted by molar-refractivity contribution is 5.90. The summed E-state index contributed by atoms with van der Waals surface area (Å²) in [5.41, 5.74) is 0.895. The highest BCUT2D eigenvalue weighted by Gasteiger charge is 2.15. The number of hydrogen-bond acceptors (Lipinski definition) is 7. The SMILES string of the molecule is CCOc1cc(C(=O)OCc2nc(-c3ccc(F)cc3)no2)ccc1OC. The number of hydrogen-bond donors (Lipinski definition) is 0. The third kappa shape index (κ3) is 4.41. The van der Waals surface area contributed by atoms with Crippen molar-refractivity contribution in [3.05, 3.63) is 59.7 Å². The molecule has 0 aliphatic heterocycles. The summed E-state index contributed by atoms with van der Waals surface area (Å²) in [5, 5.41) is 3.79. The summed E-state index contributed by atoms with van der Waals surface area (Å²) >= 11 is 0. The topological polar surface area (TPSA) is 83.7 Å². The standard InChI is InChI=1S/C19H17FN2O5/c1-3-25-16-10-13(6-9-15(16)24-2)19(23)26-11-17-21-18(22-27-17)12-4-7-14(20)8-5-12/h4-10H,3,11H2,1-2H3. The van der Waals surface area contributed by atoms with Gasteiger partial charge in [-0.25, -0.2) is 9.18 Å². The number of nitrogens with zero attached hydrogens (tertiary/aromatic N) is 2. The van der Waals surface area contributed by atoms with Crippen molar-refractivity contribution in [2.75, 3.05) is 13.7 Å². The van der Waals surface area contributed by atoms with Crippen molar-refractivity contribution in [3.8, 4) is 22.9 Å². The Balaban J connectivity index is 1.66. The Morgan fingerprint density at radius 3 is 2.63 bits per heavy atom. The summed E-state index contributed by atoms with van der Waals surface area (Å²) in [6, 6.07) is 10.4. The van der Waals surface area contributed by atoms with Crippen LogP contribution < -0.4 is 9.47 Å². The van der Waals surface area contributed by atoms with Crippen LogP contribution in [0.25, 0.3) is 11.4 Å². The van der Waals surface area contributed by atoms with Crippen molar-refractivity contribution >= 4 is 5.97 Å². The van der Waals surface area contributed by atoms with E-state index < -0.39 is 5.97 Å². The van der Waals surface area contributed by atoms with E-state index in [1.165, 1.54) is 31.4 Å². The first kappa shape index (κ1) is 18.4. The zero-order valence-electron chi connectivity index (χ0n) is 14.8. The van der Waals surface area contributed by atoms with Crippen molar-refractivity contribution in [3.63, 3.8) is 0 Å². The predicted octanol–water partition coefficient (Wildman–Crippen LogP) is 3.64. The Labute approximate surface area is 154 Å². The molecule has 0 unspecified atom stereocenters. The third-order valence-electron chi connectivity index (χ3n) is 3.60. The molecule has 0 saturated carbocycles. The van der Waals surface area contributed by atoms with Gasteiger partial charge in [0.15, 0.2) is 18.1 Å². The highest BCUT2D eigenvalue weighted by Crippen LogP contribution is 2.28. The second-order valence-electron chi connectivity index (χ2n) is 5.39. The van der Waals surface area contributed by atoms with E-state index in [0.717, 1.165) is 0 Å². The van der Waals surface area contributed by atoms with Crippen LogP contribution in [0.3, 0.4) is 0 Å². The van der Waals surface area contributed by atoms with Crippen molar-refractivity contribution < 1.29 is 27.9 Å². The summed E-state index contributed by atoms with van der Waals surface area (Å²) in [6.45, 7) is 2.07. The summed E-state index contributed by atoms with van der Waals surface area (Å²) in [4.78, 5) is 16.4. The Hall–Kier alpha value is -3.42. The fourth-order valence-electron chi connectivity index (χ4n) is 2.31. The van der Waals surface area contributed by atoms with Gasteiger partial charge in [-0.2, -0.15) is 4.98 Å². The van der Waals surface area contributed by atoms with Crippen LogP contribution in [0.5, 0.6) is 11.5 Å². The van der Waals surface area contributed by atoms with E-state index in [9.17, 15) is 9.18 Å². The smallest absolute Gasteiger partial charge is 0.338 e. The zero-order valence-corrected chi connectivity index (χ0v) is 14.8. The number of benzene rings is 2. The van der Waals surface area contributed by atoms with Crippen molar-refractivity contribution in [2.45, 2.75) is 13.5 Å². The minimum Gasteiger partial charge on any atom is -0.493 e. The van der Waals surface area contributed by atoms with Gasteiger partial charge in [0.2, 0.25) is 5.82 Å². The lowest BCUT2D eigenvalue weighted by molar-refractivity contribution is 0.0429. The molecule has 27 heavy (non-hydrogen) atoms. The largest absolute Gasteiger partial charge is 0.493 e. The van der Waals surface area contributed by atoms with Crippen molar-refractivity contribution in [1.82, 2.24) is 10.1 Å². The molecule has 2 aromatic carbocycles. The molecule has 0 radical (unpaired) electrons. The monoisotopic (exact) mass is 372 g/mol. The molecule has 140 valence electrons. The lowest BCUT2D eigenvalue weighted by Crippen LogP contribution is -2.06. The molecule has 3 rings (SSSR count). The second kappa shape index (κ2) is 8.31. The maximum atomic E-state index is 13.0. The van der Waals surface area contributed by atoms with Gasteiger partial charge < -0.3 is 18.7 Å². The molecule has 1 heterocycles. The van der Waals surface area contributed by atoms with Gasteiger partial charge in [-0.3, -0.25) is 0 Å². The number of halogens is 1. The molecule has 0 amide bonds. The van der Waals surface area contributed by atoms with Gasteiger partial charge >= 0.3 is 5.97 Å². The molecule has 0 bridgehead atoms. The van der Waals surface area contributed by atoms with Gasteiger partial charge in [-0.15, -0.1) is 0 Å². The van der Waals surface area contributed by atoms with E-state index in [2.05, 4.69) is 10.1 Å². The number of methoxy groups -OCH3 is 1. The number of esters is 1. The molecule has 0 aliphatic carbocycles. The zero-order chi connectivity index (χ0) is 19.2. The van der Waals surface area contributed by atoms with E-state index in [1.54, 1.807) is 18.2 Å². The van der Waals surface area contributed by atoms with Gasteiger partial charge in [0.1, 0.15) is 5.82 Å². The fraction of sp³-hybridized carbons (Fsp3) is 0.211. The van der Waals surface area contributed by atoms with Crippen LogP contribution in [0, 0.1) is 5.82 Å². The lowest BCUT2D eigenvalue weighted by atomic mass is 10.2. The quantitative estimate of drug-likeness (QED) is 0.586. The van der Waals surface area contributed by atoms with Crippen LogP contribution in [0.1, 0.15) is 23.2 Å². The van der Waals surface area contributed by atoms with E-state index in [1.807, 2.05) is 6.92 Å². The van der Waals surface area contributed by atoms with Gasteiger partial charge in [0.25, 0.3) is 5.89 Å². The Kier molecular flexibility index (Phi) is 5.65. The van der Waals surface area contributed by atoms with Crippen LogP contribution >= 0.6 is 0 Å². The van der Waals surface area contributed by atoms with E-state index >= 15 is 0 Å². The molecule has 0 aliphatic rings. The van der Waals surface area contributed by atoms with Crippen molar-refractivity contribution in [2.24, 2.45) is 0 Å². The molecule has 0 spiro atoms. The molecule has 0 N–H and O–H groups in total. The van der Waals surface area contributed by atoms with E-state index in [-0.39, 0.29) is 24.1 Å². The maximum absolute atomic E-state index is 13.0. The van der Waals surface area contributed by atoms with Crippen LogP contribution in [-0.2, 0) is 11.3 Å². The number of rotatable bonds is 7. The molecular formula is C19H17FN2O5. The van der Waals surface area contributed by atoms with Crippen molar-refractivity contribution in [1.29, 1.82) is 0 Å². The molecular weight excluding hydrogens is 355 g/mol. The Morgan fingerprint density at radius 2 is 1.93 bits per heavy atom. The lowest BCUT2D eigenvalue weighted by Gasteiger charge is -2.10. The molecule has 7 nitrogen and oxygen atoms in total. The summed E-state index contributed by atoms with van der Waals surface area (Å²) in [7, 11) is 1.52. The molecule has 1 aromatic heterocycles. The second-order valence-corrected chi connectivity index (χ2v) is 5.39. The van der Waals surface area contributed by atoms with Crippen LogP contribution in [0.2, 0.25) is 0 Å². The molecule has 3 aromatic rings. The first-order chi connectivity index (χ1) is 13.1. The third-order valence-corrected chi connectivity index (χ3v) is 3.60. The van der Waals surface area contributed by atoms with Gasteiger partial charge in [-0.05, 0) is 49.4 Å². The average molecular weight is 372 g/mol. The minimum atomic E-state index is -0.569. The average Bonchev–Trinajstić information content (AvgIpc) is 3.16. The summed E-state index contributed by atoms with van der Waals surface area (Å²) < 4.78 is 33.8. The van der Waals surface area contributed by atoms with Gasteiger partial charge in [-0.1, -0.05) is 5.16 Å². The van der Waals surface area contributed by atoms with E-state index in [4.69, 9.17) is 18.7 Å². The highest BCUT2D eigenvalue weighted by atomic mass is 19.1. The number of carbonyl (C=O) groups excluding carboxylic acids is 1. The maximum Gasteiger partial charge on any atom is 0.338 e. The molecule has 0 atom stereocenters. The number of aromatic nitrogens is 2. The fourth-order valence-corrected chi connectivity index (χ4v) is 2.31. The number of carbonyl (C=O) groups is 1. The van der Waals surface area contributed by atoms with Gasteiger partial charge in [0, 0.05) is 5.56 Å². The Morgan fingerprint density at radius 1 is 1.15 bits per heavy atom. The first-order valence-electron chi connectivity index (χ1n) is 8.17. The molecule has 0 fully saturated rings. The molecule has 0 saturated heterocycles. The summed E-state index contributed by atoms with van der Waals surface area (Å²) in [6.07, 6.45) is 0. The number of ether oxygens (including phenoxy) is 3. The molecule has 8 heteroatoms. The van der Waals surface area contributed by atoms with Crippen LogP contribution in [0.15, 0.2) is 47.0 Å². The summed E-state index contributed by atoms with van der Waals surface area (Å²) in [5.74, 6) is 0.452. The van der Waals surface area contributed by atoms with Gasteiger partial charge in [0.05, 0.1) is 19.3 Å². The minimum absolute atomic E-state index is 0.126. The van der Waals surface area contributed by atoms with E-state index in [0.29, 0.717) is 29.2 Å². The first-order valence-corrected chi connectivity index (χ1v) is 8.17. The Bertz CT molecular complexity index is 924. The van der Waals surface area contributed by atoms with Crippen LogP contribution in [-0.4, -0.2) is 29.8 Å². The van der Waals surface area contributed by atoms with Crippen LogP contribution in [0.4, 0.5) is 4.39 Å². The normalized spacial score (nSPS) is 10.5.